The minimum Gasteiger partial charge on any atom is -0.444 e. The highest BCUT2D eigenvalue weighted by Gasteiger charge is 2.53. The van der Waals surface area contributed by atoms with Gasteiger partial charge in [0.2, 0.25) is 0 Å². The van der Waals surface area contributed by atoms with E-state index in [0.717, 1.165) is 29.7 Å². The Labute approximate surface area is 212 Å². The molecule has 1 aliphatic carbocycles. The maximum absolute atomic E-state index is 14.2. The third kappa shape index (κ3) is 4.51. The van der Waals surface area contributed by atoms with Crippen molar-refractivity contribution in [2.75, 3.05) is 36.0 Å². The van der Waals surface area contributed by atoms with E-state index in [4.69, 9.17) is 4.74 Å². The summed E-state index contributed by atoms with van der Waals surface area (Å²) in [7, 11) is 0. The quantitative estimate of drug-likeness (QED) is 0.584. The van der Waals surface area contributed by atoms with Crippen molar-refractivity contribution in [1.82, 2.24) is 19.9 Å². The zero-order valence-corrected chi connectivity index (χ0v) is 20.9. The summed E-state index contributed by atoms with van der Waals surface area (Å²) in [5.41, 5.74) is 0.0693. The molecule has 2 aromatic heterocycles. The lowest BCUT2D eigenvalue weighted by molar-refractivity contribution is -0.181. The van der Waals surface area contributed by atoms with E-state index in [1.54, 1.807) is 44.0 Å². The van der Waals surface area contributed by atoms with Gasteiger partial charge in [0.1, 0.15) is 35.4 Å². The maximum Gasteiger partial charge on any atom is 0.410 e. The Balaban J connectivity index is 1.50. The molecule has 5 rings (SSSR count). The van der Waals surface area contributed by atoms with E-state index in [1.165, 1.54) is 6.33 Å². The molecule has 12 heteroatoms. The van der Waals surface area contributed by atoms with Crippen LogP contribution >= 0.6 is 0 Å². The Morgan fingerprint density at radius 1 is 1.16 bits per heavy atom. The number of nitrogens with zero attached hydrogens (tertiary/aromatic N) is 7. The molecule has 1 amide bonds. The Hall–Kier alpha value is -3.62. The topological polar surface area (TPSA) is 98.5 Å². The van der Waals surface area contributed by atoms with Crippen molar-refractivity contribution in [3.05, 3.63) is 35.8 Å². The average molecular weight is 516 g/mol. The van der Waals surface area contributed by atoms with Crippen LogP contribution in [0.2, 0.25) is 0 Å². The molecule has 1 spiro atoms. The van der Waals surface area contributed by atoms with Gasteiger partial charge in [0.15, 0.2) is 0 Å². The predicted molar refractivity (Wildman–Crippen MR) is 129 cm³/mol. The molecular formula is C25H28F3N7O2. The molecule has 37 heavy (non-hydrogen) atoms. The lowest BCUT2D eigenvalue weighted by atomic mass is 9.66. The fraction of sp³-hybridized carbons (Fsp3) is 0.560. The molecule has 0 bridgehead atoms. The molecule has 2 fully saturated rings. The van der Waals surface area contributed by atoms with E-state index in [-0.39, 0.29) is 18.5 Å². The molecular weight excluding hydrogens is 487 g/mol. The van der Waals surface area contributed by atoms with Crippen LogP contribution in [0.15, 0.2) is 24.7 Å². The lowest BCUT2D eigenvalue weighted by Crippen LogP contribution is -2.61. The summed E-state index contributed by atoms with van der Waals surface area (Å²) in [6, 6.07) is 3.38. The Bertz CT molecular complexity index is 1250. The number of alkyl halides is 3. The molecule has 2 aliphatic heterocycles. The predicted octanol–water partition coefficient (Wildman–Crippen LogP) is 4.30. The van der Waals surface area contributed by atoms with E-state index in [9.17, 15) is 23.2 Å². The number of ether oxygens (including phenoxy) is 1. The summed E-state index contributed by atoms with van der Waals surface area (Å²) in [6.45, 7) is 5.01. The second kappa shape index (κ2) is 8.75. The monoisotopic (exact) mass is 515 g/mol. The van der Waals surface area contributed by atoms with E-state index < -0.39 is 30.5 Å². The fourth-order valence-corrected chi connectivity index (χ4v) is 5.37. The van der Waals surface area contributed by atoms with Gasteiger partial charge in [0.25, 0.3) is 0 Å². The number of hydrogen-bond acceptors (Lipinski definition) is 8. The first-order valence-corrected chi connectivity index (χ1v) is 12.2. The minimum atomic E-state index is -4.65. The second-order valence-corrected chi connectivity index (χ2v) is 10.8. The first kappa shape index (κ1) is 25.0. The zero-order valence-electron chi connectivity index (χ0n) is 20.9. The van der Waals surface area contributed by atoms with Crippen LogP contribution in [-0.4, -0.2) is 69.9 Å². The number of rotatable bonds is 2. The van der Waals surface area contributed by atoms with E-state index in [0.29, 0.717) is 29.6 Å². The van der Waals surface area contributed by atoms with Crippen LogP contribution in [0.1, 0.15) is 51.2 Å². The highest BCUT2D eigenvalue weighted by Crippen LogP contribution is 2.56. The second-order valence-electron chi connectivity index (χ2n) is 10.8. The summed E-state index contributed by atoms with van der Waals surface area (Å²) in [4.78, 5) is 30.4. The summed E-state index contributed by atoms with van der Waals surface area (Å²) >= 11 is 0. The maximum atomic E-state index is 14.2. The fourth-order valence-electron chi connectivity index (χ4n) is 5.37. The van der Waals surface area contributed by atoms with Crippen molar-refractivity contribution < 1.29 is 22.7 Å². The van der Waals surface area contributed by atoms with Crippen LogP contribution in [0.3, 0.4) is 0 Å². The van der Waals surface area contributed by atoms with Crippen LogP contribution in [0.25, 0.3) is 0 Å². The SMILES string of the molecule is CC(C)(C)OC(=O)N1CCN(c2ncnc3c2C2(CCC2)CN3c2cc(C#N)ccn2)C[C@H]1C(F)(F)F. The number of halogens is 3. The number of aromatic nitrogens is 3. The summed E-state index contributed by atoms with van der Waals surface area (Å²) in [6.07, 6.45) is -0.00264. The highest BCUT2D eigenvalue weighted by molar-refractivity contribution is 5.75. The number of nitriles is 1. The highest BCUT2D eigenvalue weighted by atomic mass is 19.4. The molecule has 1 atom stereocenters. The first-order valence-electron chi connectivity index (χ1n) is 12.2. The smallest absolute Gasteiger partial charge is 0.410 e. The molecule has 3 aliphatic rings. The molecule has 0 aromatic carbocycles. The third-order valence-corrected chi connectivity index (χ3v) is 7.20. The van der Waals surface area contributed by atoms with Gasteiger partial charge in [-0.15, -0.1) is 0 Å². The summed E-state index contributed by atoms with van der Waals surface area (Å²) in [5, 5.41) is 9.33. The molecule has 4 heterocycles. The van der Waals surface area contributed by atoms with Crippen LogP contribution in [0.5, 0.6) is 0 Å². The minimum absolute atomic E-state index is 0.152. The number of anilines is 3. The van der Waals surface area contributed by atoms with Gasteiger partial charge in [-0.3, -0.25) is 4.90 Å². The standard InChI is InChI=1S/C25H28F3N7O2/c1-23(2,3)37-22(36)34-10-9-33(13-17(34)25(26,27)28)20-19-21(32-15-31-20)35(14-24(19)6-4-7-24)18-11-16(12-29)5-8-30-18/h5,8,11,15,17H,4,6-7,9-10,13-14H2,1-3H3/t17-/m0/s1. The van der Waals surface area contributed by atoms with Crippen LogP contribution in [0, 0.1) is 11.3 Å². The van der Waals surface area contributed by atoms with Gasteiger partial charge in [0, 0.05) is 43.4 Å². The van der Waals surface area contributed by atoms with Gasteiger partial charge < -0.3 is 14.5 Å². The lowest BCUT2D eigenvalue weighted by Gasteiger charge is -2.44. The van der Waals surface area contributed by atoms with Gasteiger partial charge in [-0.2, -0.15) is 18.4 Å². The zero-order chi connectivity index (χ0) is 26.6. The van der Waals surface area contributed by atoms with Crippen LogP contribution < -0.4 is 9.80 Å². The Morgan fingerprint density at radius 2 is 1.89 bits per heavy atom. The molecule has 0 radical (unpaired) electrons. The average Bonchev–Trinajstić information content (AvgIpc) is 3.18. The molecule has 0 unspecified atom stereocenters. The van der Waals surface area contributed by atoms with E-state index in [1.807, 2.05) is 4.90 Å². The van der Waals surface area contributed by atoms with Crippen molar-refractivity contribution in [3.8, 4) is 6.07 Å². The molecule has 2 aromatic rings. The normalized spacial score (nSPS) is 20.9. The number of hydrogen-bond donors (Lipinski definition) is 0. The third-order valence-electron chi connectivity index (χ3n) is 7.20. The van der Waals surface area contributed by atoms with Gasteiger partial charge in [0.05, 0.1) is 11.6 Å². The number of carbonyl (C=O) groups excluding carboxylic acids is 1. The van der Waals surface area contributed by atoms with Gasteiger partial charge in [-0.05, 0) is 45.7 Å². The Kier molecular flexibility index (Phi) is 5.92. The largest absolute Gasteiger partial charge is 0.444 e. The number of carbonyl (C=O) groups is 1. The van der Waals surface area contributed by atoms with Crippen molar-refractivity contribution in [1.29, 1.82) is 5.26 Å². The number of pyridine rings is 1. The van der Waals surface area contributed by atoms with E-state index >= 15 is 0 Å². The van der Waals surface area contributed by atoms with Crippen molar-refractivity contribution in [2.24, 2.45) is 0 Å². The number of piperazine rings is 1. The van der Waals surface area contributed by atoms with Crippen LogP contribution in [-0.2, 0) is 10.2 Å². The number of fused-ring (bicyclic) bond motifs is 2. The molecule has 1 saturated heterocycles. The van der Waals surface area contributed by atoms with Crippen molar-refractivity contribution in [3.63, 3.8) is 0 Å². The number of amides is 1. The van der Waals surface area contributed by atoms with Crippen molar-refractivity contribution in [2.45, 2.75) is 63.3 Å². The van der Waals surface area contributed by atoms with Gasteiger partial charge in [-0.1, -0.05) is 6.42 Å². The van der Waals surface area contributed by atoms with Gasteiger partial charge in [-0.25, -0.2) is 19.7 Å². The first-order chi connectivity index (χ1) is 17.4. The van der Waals surface area contributed by atoms with Crippen LogP contribution in [0.4, 0.5) is 35.4 Å². The molecule has 196 valence electrons. The molecule has 0 N–H and O–H groups in total. The van der Waals surface area contributed by atoms with E-state index in [2.05, 4.69) is 21.0 Å². The molecule has 1 saturated carbocycles. The summed E-state index contributed by atoms with van der Waals surface area (Å²) < 4.78 is 47.8. The summed E-state index contributed by atoms with van der Waals surface area (Å²) in [5.74, 6) is 1.63. The Morgan fingerprint density at radius 3 is 2.51 bits per heavy atom. The van der Waals surface area contributed by atoms with Crippen molar-refractivity contribution >= 4 is 23.5 Å². The molecule has 9 nitrogen and oxygen atoms in total. The van der Waals surface area contributed by atoms with Gasteiger partial charge >= 0.3 is 12.3 Å².